The van der Waals surface area contributed by atoms with Gasteiger partial charge in [0.15, 0.2) is 0 Å². The standard InChI is InChI=1S/C16H24N2O2.ClH/c1-3-20-12-13-9-10-18(11-13)15(19)16(2,17)14-7-5-4-6-8-14;/h4-8,13H,3,9-12,17H2,1-2H3;1H. The molecule has 21 heavy (non-hydrogen) atoms. The maximum Gasteiger partial charge on any atom is 0.246 e. The second kappa shape index (κ2) is 7.78. The van der Waals surface area contributed by atoms with E-state index in [1.54, 1.807) is 6.92 Å². The van der Waals surface area contributed by atoms with Crippen LogP contribution >= 0.6 is 12.4 Å². The number of carbonyl (C=O) groups is 1. The minimum absolute atomic E-state index is 0. The summed E-state index contributed by atoms with van der Waals surface area (Å²) in [6.07, 6.45) is 0.997. The molecule has 1 aromatic carbocycles. The molecule has 1 aliphatic heterocycles. The van der Waals surface area contributed by atoms with Crippen LogP contribution in [0.2, 0.25) is 0 Å². The average Bonchev–Trinajstić information content (AvgIpc) is 2.94. The second-order valence-corrected chi connectivity index (χ2v) is 5.63. The number of hydrogen-bond donors (Lipinski definition) is 1. The van der Waals surface area contributed by atoms with Gasteiger partial charge in [-0.25, -0.2) is 0 Å². The Balaban J connectivity index is 0.00000220. The third-order valence-electron chi connectivity index (χ3n) is 3.95. The lowest BCUT2D eigenvalue weighted by Gasteiger charge is -2.29. The van der Waals surface area contributed by atoms with Crippen molar-refractivity contribution in [3.63, 3.8) is 0 Å². The number of rotatable bonds is 5. The predicted octanol–water partition coefficient (Wildman–Crippen LogP) is 2.17. The Bertz CT molecular complexity index is 451. The van der Waals surface area contributed by atoms with Gasteiger partial charge >= 0.3 is 0 Å². The summed E-state index contributed by atoms with van der Waals surface area (Å²) in [7, 11) is 0. The fourth-order valence-electron chi connectivity index (χ4n) is 2.67. The Morgan fingerprint density at radius 1 is 1.43 bits per heavy atom. The van der Waals surface area contributed by atoms with Crippen molar-refractivity contribution in [2.75, 3.05) is 26.3 Å². The van der Waals surface area contributed by atoms with Gasteiger partial charge in [0, 0.05) is 25.6 Å². The summed E-state index contributed by atoms with van der Waals surface area (Å²) in [6.45, 7) is 6.76. The first-order chi connectivity index (χ1) is 9.55. The van der Waals surface area contributed by atoms with E-state index in [-0.39, 0.29) is 18.3 Å². The van der Waals surface area contributed by atoms with Gasteiger partial charge in [-0.05, 0) is 25.8 Å². The van der Waals surface area contributed by atoms with E-state index in [1.807, 2.05) is 42.2 Å². The van der Waals surface area contributed by atoms with Crippen LogP contribution in [0, 0.1) is 5.92 Å². The molecule has 1 amide bonds. The van der Waals surface area contributed by atoms with Crippen molar-refractivity contribution in [2.24, 2.45) is 11.7 Å². The number of halogens is 1. The fraction of sp³-hybridized carbons (Fsp3) is 0.562. The number of benzene rings is 1. The van der Waals surface area contributed by atoms with Gasteiger partial charge in [0.05, 0.1) is 6.61 Å². The molecule has 2 rings (SSSR count). The van der Waals surface area contributed by atoms with Gasteiger partial charge in [-0.2, -0.15) is 0 Å². The van der Waals surface area contributed by atoms with Crippen LogP contribution in [-0.4, -0.2) is 37.1 Å². The molecule has 1 aromatic rings. The normalized spacial score (nSPS) is 20.7. The van der Waals surface area contributed by atoms with Crippen molar-refractivity contribution in [2.45, 2.75) is 25.8 Å². The summed E-state index contributed by atoms with van der Waals surface area (Å²) in [5, 5.41) is 0. The summed E-state index contributed by atoms with van der Waals surface area (Å²) < 4.78 is 5.45. The summed E-state index contributed by atoms with van der Waals surface area (Å²) in [5.41, 5.74) is 6.19. The van der Waals surface area contributed by atoms with Gasteiger partial charge in [-0.3, -0.25) is 4.79 Å². The van der Waals surface area contributed by atoms with Crippen LogP contribution in [0.25, 0.3) is 0 Å². The molecule has 2 N–H and O–H groups in total. The highest BCUT2D eigenvalue weighted by Gasteiger charge is 2.37. The first-order valence-electron chi connectivity index (χ1n) is 7.27. The van der Waals surface area contributed by atoms with Crippen molar-refractivity contribution in [3.8, 4) is 0 Å². The molecule has 1 aliphatic rings. The van der Waals surface area contributed by atoms with Crippen LogP contribution in [0.3, 0.4) is 0 Å². The van der Waals surface area contributed by atoms with Gasteiger partial charge in [0.1, 0.15) is 5.54 Å². The van der Waals surface area contributed by atoms with Crippen molar-refractivity contribution in [1.82, 2.24) is 4.90 Å². The molecule has 2 unspecified atom stereocenters. The van der Waals surface area contributed by atoms with Crippen molar-refractivity contribution in [1.29, 1.82) is 0 Å². The molecule has 1 heterocycles. The van der Waals surface area contributed by atoms with Gasteiger partial charge in [-0.1, -0.05) is 30.3 Å². The first kappa shape index (κ1) is 18.0. The number of nitrogens with two attached hydrogens (primary N) is 1. The molecule has 0 saturated carbocycles. The van der Waals surface area contributed by atoms with Gasteiger partial charge in [0.2, 0.25) is 5.91 Å². The zero-order valence-electron chi connectivity index (χ0n) is 12.7. The highest BCUT2D eigenvalue weighted by molar-refractivity contribution is 5.87. The summed E-state index contributed by atoms with van der Waals surface area (Å²) in [4.78, 5) is 14.5. The lowest BCUT2D eigenvalue weighted by molar-refractivity contribution is -0.135. The van der Waals surface area contributed by atoms with E-state index >= 15 is 0 Å². The SMILES string of the molecule is CCOCC1CCN(C(=O)C(C)(N)c2ccccc2)C1.Cl. The summed E-state index contributed by atoms with van der Waals surface area (Å²) in [6, 6.07) is 9.57. The number of amides is 1. The molecule has 2 atom stereocenters. The Hall–Kier alpha value is -1.10. The van der Waals surface area contributed by atoms with Crippen LogP contribution in [0.1, 0.15) is 25.8 Å². The smallest absolute Gasteiger partial charge is 0.246 e. The number of likely N-dealkylation sites (tertiary alicyclic amines) is 1. The van der Waals surface area contributed by atoms with Gasteiger partial charge in [-0.15, -0.1) is 12.4 Å². The molecule has 118 valence electrons. The van der Waals surface area contributed by atoms with Gasteiger partial charge < -0.3 is 15.4 Å². The molecule has 0 radical (unpaired) electrons. The number of ether oxygens (including phenoxy) is 1. The molecule has 5 heteroatoms. The minimum atomic E-state index is -0.957. The molecule has 1 fully saturated rings. The molecule has 0 spiro atoms. The van der Waals surface area contributed by atoms with Crippen LogP contribution in [0.5, 0.6) is 0 Å². The minimum Gasteiger partial charge on any atom is -0.381 e. The van der Waals surface area contributed by atoms with E-state index in [0.717, 1.165) is 38.3 Å². The molecule has 4 nitrogen and oxygen atoms in total. The maximum atomic E-state index is 12.6. The highest BCUT2D eigenvalue weighted by Crippen LogP contribution is 2.25. The Kier molecular flexibility index (Phi) is 6.65. The van der Waals surface area contributed by atoms with E-state index in [2.05, 4.69) is 0 Å². The zero-order valence-corrected chi connectivity index (χ0v) is 13.6. The average molecular weight is 313 g/mol. The molecular formula is C16H25ClN2O2. The molecule has 1 saturated heterocycles. The first-order valence-corrected chi connectivity index (χ1v) is 7.27. The Morgan fingerprint density at radius 2 is 2.10 bits per heavy atom. The topological polar surface area (TPSA) is 55.6 Å². The monoisotopic (exact) mass is 312 g/mol. The number of carbonyl (C=O) groups excluding carboxylic acids is 1. The number of hydrogen-bond acceptors (Lipinski definition) is 3. The van der Waals surface area contributed by atoms with Gasteiger partial charge in [0.25, 0.3) is 0 Å². The van der Waals surface area contributed by atoms with E-state index < -0.39 is 5.54 Å². The highest BCUT2D eigenvalue weighted by atomic mass is 35.5. The van der Waals surface area contributed by atoms with E-state index in [0.29, 0.717) is 5.92 Å². The third kappa shape index (κ3) is 4.19. The maximum absolute atomic E-state index is 12.6. The van der Waals surface area contributed by atoms with Crippen LogP contribution in [-0.2, 0) is 15.1 Å². The largest absolute Gasteiger partial charge is 0.381 e. The quantitative estimate of drug-likeness (QED) is 0.906. The lowest BCUT2D eigenvalue weighted by atomic mass is 9.92. The Morgan fingerprint density at radius 3 is 2.71 bits per heavy atom. The third-order valence-corrected chi connectivity index (χ3v) is 3.95. The van der Waals surface area contributed by atoms with E-state index in [4.69, 9.17) is 10.5 Å². The second-order valence-electron chi connectivity index (χ2n) is 5.63. The van der Waals surface area contributed by atoms with Crippen molar-refractivity contribution >= 4 is 18.3 Å². The molecule has 0 aromatic heterocycles. The predicted molar refractivity (Wildman–Crippen MR) is 86.4 cm³/mol. The zero-order chi connectivity index (χ0) is 14.6. The molecule has 0 bridgehead atoms. The number of nitrogens with zero attached hydrogens (tertiary/aromatic N) is 1. The molecule has 0 aliphatic carbocycles. The van der Waals surface area contributed by atoms with Crippen molar-refractivity contribution < 1.29 is 9.53 Å². The van der Waals surface area contributed by atoms with Crippen LogP contribution in [0.4, 0.5) is 0 Å². The lowest BCUT2D eigenvalue weighted by Crippen LogP contribution is -2.50. The molecular weight excluding hydrogens is 288 g/mol. The Labute approximate surface area is 133 Å². The van der Waals surface area contributed by atoms with Crippen LogP contribution in [0.15, 0.2) is 30.3 Å². The van der Waals surface area contributed by atoms with Crippen LogP contribution < -0.4 is 5.73 Å². The summed E-state index contributed by atoms with van der Waals surface area (Å²) in [5.74, 6) is 0.438. The summed E-state index contributed by atoms with van der Waals surface area (Å²) >= 11 is 0. The van der Waals surface area contributed by atoms with E-state index in [9.17, 15) is 4.79 Å². The van der Waals surface area contributed by atoms with E-state index in [1.165, 1.54) is 0 Å². The van der Waals surface area contributed by atoms with Crippen molar-refractivity contribution in [3.05, 3.63) is 35.9 Å². The fourth-order valence-corrected chi connectivity index (χ4v) is 2.67.